The molecule has 2 aromatic rings. The number of allylic oxidation sites excluding steroid dienone is 2. The standard InChI is InChI=1S/C22H22N5O2/c28-18-7-4-9-25(15-18)16-20-19-8-10-27(17-5-2-1-3-6-17)21(19)24-22(23-20)26-11-13-29-14-12-26/h1-3,5-7,9,15H,8,10-14,16H2/q+1/p+1. The van der Waals surface area contributed by atoms with Gasteiger partial charge < -0.3 is 19.6 Å². The van der Waals surface area contributed by atoms with Crippen LogP contribution >= 0.6 is 0 Å². The van der Waals surface area contributed by atoms with E-state index in [4.69, 9.17) is 14.7 Å². The van der Waals surface area contributed by atoms with Crippen LogP contribution in [0.5, 0.6) is 0 Å². The van der Waals surface area contributed by atoms with Gasteiger partial charge in [-0.05, 0) is 18.6 Å². The number of hydrogen-bond acceptors (Lipinski definition) is 6. The van der Waals surface area contributed by atoms with Gasteiger partial charge in [-0.25, -0.2) is 4.98 Å². The minimum absolute atomic E-state index is 0.192. The van der Waals surface area contributed by atoms with E-state index in [1.807, 2.05) is 16.9 Å². The maximum atomic E-state index is 9.82. The van der Waals surface area contributed by atoms with Gasteiger partial charge in [0.25, 0.3) is 6.20 Å². The van der Waals surface area contributed by atoms with Crippen LogP contribution < -0.4 is 9.80 Å². The first kappa shape index (κ1) is 17.8. The molecule has 0 radical (unpaired) electrons. The minimum Gasteiger partial charge on any atom is -0.415 e. The second-order valence-electron chi connectivity index (χ2n) is 7.28. The predicted octanol–water partition coefficient (Wildman–Crippen LogP) is 2.36. The highest BCUT2D eigenvalue weighted by molar-refractivity contribution is 5.68. The van der Waals surface area contributed by atoms with Crippen LogP contribution in [0.1, 0.15) is 11.3 Å². The SMILES string of the molecule is OC1=C[N+](Cc2nc(N3CCOCC3)nc3c2CCN3c2ccccc2)=C[C+]=C1. The molecule has 3 aliphatic heterocycles. The number of rotatable bonds is 4. The van der Waals surface area contributed by atoms with E-state index in [0.717, 1.165) is 49.2 Å². The van der Waals surface area contributed by atoms with E-state index in [1.165, 1.54) is 5.56 Å². The maximum Gasteiger partial charge on any atom is 0.327 e. The Bertz CT molecular complexity index is 994. The Labute approximate surface area is 169 Å². The number of aromatic nitrogens is 2. The van der Waals surface area contributed by atoms with Crippen molar-refractivity contribution < 1.29 is 14.4 Å². The number of fused-ring (bicyclic) bond motifs is 1. The normalized spacial score (nSPS) is 18.2. The van der Waals surface area contributed by atoms with E-state index >= 15 is 0 Å². The van der Waals surface area contributed by atoms with Crippen molar-refractivity contribution in [1.29, 1.82) is 0 Å². The third kappa shape index (κ3) is 3.58. The second kappa shape index (κ2) is 7.62. The number of aliphatic hydroxyl groups excluding tert-OH is 1. The van der Waals surface area contributed by atoms with Crippen molar-refractivity contribution in [3.8, 4) is 0 Å². The topological polar surface area (TPSA) is 64.7 Å². The van der Waals surface area contributed by atoms with Gasteiger partial charge in [0.1, 0.15) is 11.5 Å². The molecule has 1 aromatic carbocycles. The third-order valence-corrected chi connectivity index (χ3v) is 5.36. The lowest BCUT2D eigenvalue weighted by Crippen LogP contribution is -2.37. The molecule has 5 rings (SSSR count). The third-order valence-electron chi connectivity index (χ3n) is 5.36. The van der Waals surface area contributed by atoms with Crippen molar-refractivity contribution in [2.24, 2.45) is 0 Å². The first-order chi connectivity index (χ1) is 14.3. The molecule has 3 aliphatic rings. The number of para-hydroxylation sites is 1. The van der Waals surface area contributed by atoms with Gasteiger partial charge >= 0.3 is 12.0 Å². The number of morpholine rings is 1. The van der Waals surface area contributed by atoms with Crippen LogP contribution in [0.3, 0.4) is 0 Å². The lowest BCUT2D eigenvalue weighted by molar-refractivity contribution is -0.472. The smallest absolute Gasteiger partial charge is 0.327 e. The summed E-state index contributed by atoms with van der Waals surface area (Å²) in [5, 5.41) is 9.82. The van der Waals surface area contributed by atoms with E-state index < -0.39 is 0 Å². The molecule has 146 valence electrons. The summed E-state index contributed by atoms with van der Waals surface area (Å²) in [5.74, 6) is 1.92. The molecule has 29 heavy (non-hydrogen) atoms. The number of hydrogen-bond donors (Lipinski definition) is 1. The molecule has 1 N–H and O–H groups in total. The van der Waals surface area contributed by atoms with E-state index in [0.29, 0.717) is 19.8 Å². The number of nitrogens with zero attached hydrogens (tertiary/aromatic N) is 5. The molecule has 7 heteroatoms. The van der Waals surface area contributed by atoms with E-state index in [2.05, 4.69) is 40.1 Å². The molecule has 7 nitrogen and oxygen atoms in total. The fourth-order valence-corrected chi connectivity index (χ4v) is 3.94. The zero-order chi connectivity index (χ0) is 19.6. The summed E-state index contributed by atoms with van der Waals surface area (Å²) in [6.45, 7) is 4.40. The van der Waals surface area contributed by atoms with Gasteiger partial charge in [0, 0.05) is 30.9 Å². The van der Waals surface area contributed by atoms with Crippen LogP contribution in [-0.4, -0.2) is 58.7 Å². The average molecular weight is 389 g/mol. The Morgan fingerprint density at radius 3 is 2.72 bits per heavy atom. The van der Waals surface area contributed by atoms with E-state index in [1.54, 1.807) is 12.3 Å². The van der Waals surface area contributed by atoms with Crippen LogP contribution in [0.25, 0.3) is 0 Å². The summed E-state index contributed by atoms with van der Waals surface area (Å²) in [7, 11) is 0. The minimum atomic E-state index is 0.192. The molecule has 0 bridgehead atoms. The Morgan fingerprint density at radius 2 is 1.93 bits per heavy atom. The quantitative estimate of drug-likeness (QED) is 0.640. The van der Waals surface area contributed by atoms with Gasteiger partial charge in [-0.2, -0.15) is 9.56 Å². The second-order valence-corrected chi connectivity index (χ2v) is 7.28. The zero-order valence-corrected chi connectivity index (χ0v) is 16.2. The molecular weight excluding hydrogens is 366 g/mol. The first-order valence-corrected chi connectivity index (χ1v) is 9.92. The Balaban J connectivity index is 1.56. The van der Waals surface area contributed by atoms with Gasteiger partial charge in [0.2, 0.25) is 12.0 Å². The molecular formula is C22H23N5O2+2. The fourth-order valence-electron chi connectivity index (χ4n) is 3.94. The maximum absolute atomic E-state index is 9.82. The van der Waals surface area contributed by atoms with Crippen molar-refractivity contribution in [2.45, 2.75) is 13.0 Å². The van der Waals surface area contributed by atoms with Crippen LogP contribution in [0, 0.1) is 6.08 Å². The summed E-state index contributed by atoms with van der Waals surface area (Å²) >= 11 is 0. The van der Waals surface area contributed by atoms with Crippen LogP contribution in [-0.2, 0) is 17.7 Å². The summed E-state index contributed by atoms with van der Waals surface area (Å²) in [5.41, 5.74) is 3.29. The Hall–Kier alpha value is -3.28. The highest BCUT2D eigenvalue weighted by Crippen LogP contribution is 2.36. The van der Waals surface area contributed by atoms with Gasteiger partial charge in [0.05, 0.1) is 13.2 Å². The largest absolute Gasteiger partial charge is 0.415 e. The molecule has 1 saturated heterocycles. The summed E-state index contributed by atoms with van der Waals surface area (Å²) in [6.07, 6.45) is 8.93. The van der Waals surface area contributed by atoms with Gasteiger partial charge in [-0.3, -0.25) is 0 Å². The van der Waals surface area contributed by atoms with E-state index in [-0.39, 0.29) is 5.76 Å². The lowest BCUT2D eigenvalue weighted by atomic mass is 10.1. The Morgan fingerprint density at radius 1 is 1.10 bits per heavy atom. The van der Waals surface area contributed by atoms with Gasteiger partial charge in [-0.15, -0.1) is 0 Å². The van der Waals surface area contributed by atoms with Crippen molar-refractivity contribution >= 4 is 23.7 Å². The predicted molar refractivity (Wildman–Crippen MR) is 111 cm³/mol. The van der Waals surface area contributed by atoms with E-state index in [9.17, 15) is 5.11 Å². The summed E-state index contributed by atoms with van der Waals surface area (Å²) in [4.78, 5) is 14.4. The number of aliphatic hydroxyl groups is 1. The average Bonchev–Trinajstić information content (AvgIpc) is 3.19. The summed E-state index contributed by atoms with van der Waals surface area (Å²) in [6, 6.07) is 10.4. The van der Waals surface area contributed by atoms with Crippen LogP contribution in [0.4, 0.5) is 17.5 Å². The Kier molecular flexibility index (Phi) is 4.68. The van der Waals surface area contributed by atoms with Gasteiger partial charge in [-0.1, -0.05) is 18.2 Å². The highest BCUT2D eigenvalue weighted by Gasteiger charge is 2.30. The number of anilines is 3. The zero-order valence-electron chi connectivity index (χ0n) is 16.2. The molecule has 0 aliphatic carbocycles. The first-order valence-electron chi connectivity index (χ1n) is 9.92. The molecule has 0 atom stereocenters. The molecule has 1 fully saturated rings. The van der Waals surface area contributed by atoms with Crippen molar-refractivity contribution in [1.82, 2.24) is 9.97 Å². The number of benzene rings is 1. The number of ether oxygens (including phenoxy) is 1. The van der Waals surface area contributed by atoms with Crippen molar-refractivity contribution in [3.63, 3.8) is 0 Å². The summed E-state index contributed by atoms with van der Waals surface area (Å²) < 4.78 is 7.41. The lowest BCUT2D eigenvalue weighted by Gasteiger charge is -2.28. The van der Waals surface area contributed by atoms with Gasteiger partial charge in [0.15, 0.2) is 12.6 Å². The molecule has 0 amide bonds. The fraction of sp³-hybridized carbons (Fsp3) is 0.318. The van der Waals surface area contributed by atoms with Crippen LogP contribution in [0.2, 0.25) is 0 Å². The molecule has 0 saturated carbocycles. The monoisotopic (exact) mass is 389 g/mol. The van der Waals surface area contributed by atoms with Crippen LogP contribution in [0.15, 0.2) is 48.4 Å². The van der Waals surface area contributed by atoms with Crippen molar-refractivity contribution in [3.05, 3.63) is 65.7 Å². The molecule has 4 heterocycles. The highest BCUT2D eigenvalue weighted by atomic mass is 16.5. The molecule has 0 unspecified atom stereocenters. The molecule has 0 spiro atoms. The molecule has 1 aromatic heterocycles. The van der Waals surface area contributed by atoms with Crippen molar-refractivity contribution in [2.75, 3.05) is 42.6 Å².